The molecule has 2 nitrogen and oxygen atoms in total. The summed E-state index contributed by atoms with van der Waals surface area (Å²) in [5.74, 6) is 0. The number of aryl methyl sites for hydroxylation is 2. The minimum Gasteiger partial charge on any atom is -0.252 e. The van der Waals surface area contributed by atoms with Crippen LogP contribution in [0.3, 0.4) is 0 Å². The Kier molecular flexibility index (Phi) is 17.9. The van der Waals surface area contributed by atoms with Crippen LogP contribution in [0.15, 0.2) is 176 Å². The molecule has 0 atom stereocenters. The van der Waals surface area contributed by atoms with E-state index in [0.717, 1.165) is 32.2 Å². The second-order valence-electron chi connectivity index (χ2n) is 20.4. The molecule has 0 aliphatic heterocycles. The van der Waals surface area contributed by atoms with Crippen LogP contribution in [0.25, 0.3) is 21.5 Å². The van der Waals surface area contributed by atoms with E-state index >= 15 is 0 Å². The molecule has 0 radical (unpaired) electrons. The molecule has 8 aromatic carbocycles. The normalized spacial score (nSPS) is 13.2. The van der Waals surface area contributed by atoms with Gasteiger partial charge in [-0.05, 0) is 76.7 Å². The highest BCUT2D eigenvalue weighted by Gasteiger charge is 2.47. The fraction of sp³-hybridized carbons (Fsp3) is 0.213. The van der Waals surface area contributed by atoms with Crippen LogP contribution in [-0.4, -0.2) is 11.1 Å². The number of rotatable bonds is 11. The topological polar surface area (TPSA) is 16.8 Å². The largest absolute Gasteiger partial charge is 0.416 e. The molecule has 0 bridgehead atoms. The van der Waals surface area contributed by atoms with E-state index in [1.807, 2.05) is 12.4 Å². The molecule has 0 saturated heterocycles. The number of hydrogen-bond donors (Lipinski definition) is 0. The molecule has 0 saturated carbocycles. The fourth-order valence-electron chi connectivity index (χ4n) is 10.6. The van der Waals surface area contributed by atoms with Crippen molar-refractivity contribution in [3.8, 4) is 0 Å². The van der Waals surface area contributed by atoms with Crippen molar-refractivity contribution >= 4 is 49.5 Å². The van der Waals surface area contributed by atoms with Gasteiger partial charge in [0.05, 0.1) is 56.9 Å². The van der Waals surface area contributed by atoms with E-state index in [2.05, 4.69) is 101 Å². The zero-order chi connectivity index (χ0) is 64.8. The quantitative estimate of drug-likeness (QED) is 0.0415. The Hall–Kier alpha value is -8.26. The van der Waals surface area contributed by atoms with Gasteiger partial charge >= 0.3 is 49.4 Å². The van der Waals surface area contributed by atoms with Crippen molar-refractivity contribution < 1.29 is 110 Å². The molecule has 464 valence electrons. The van der Waals surface area contributed by atoms with E-state index in [-0.39, 0.29) is 0 Å². The Labute approximate surface area is 482 Å². The van der Waals surface area contributed by atoms with Crippen LogP contribution in [0, 0.1) is 0 Å². The van der Waals surface area contributed by atoms with Crippen LogP contribution in [0.4, 0.5) is 105 Å². The van der Waals surface area contributed by atoms with Crippen LogP contribution >= 0.6 is 0 Å². The van der Waals surface area contributed by atoms with E-state index in [9.17, 15) is 105 Å². The van der Waals surface area contributed by atoms with Crippen LogP contribution in [0.2, 0.25) is 0 Å². The van der Waals surface area contributed by atoms with Crippen LogP contribution < -0.4 is 26.4 Å². The van der Waals surface area contributed by atoms with Gasteiger partial charge in [-0.2, -0.15) is 132 Å². The van der Waals surface area contributed by atoms with Gasteiger partial charge < -0.3 is 0 Å². The van der Waals surface area contributed by atoms with Gasteiger partial charge in [-0.15, -0.1) is 0 Å². The van der Waals surface area contributed by atoms with E-state index < -0.39 is 195 Å². The highest BCUT2D eigenvalue weighted by molar-refractivity contribution is 7.20. The van der Waals surface area contributed by atoms with Crippen LogP contribution in [0.1, 0.15) is 74.2 Å². The summed E-state index contributed by atoms with van der Waals surface area (Å²) in [6.07, 6.45) is -44.3. The fourth-order valence-corrected chi connectivity index (χ4v) is 10.6. The van der Waals surface area contributed by atoms with Crippen molar-refractivity contribution in [2.24, 2.45) is 0 Å². The lowest BCUT2D eigenvalue weighted by Gasteiger charge is -2.46. The maximum Gasteiger partial charge on any atom is 0.416 e. The average molecular weight is 1270 g/mol. The van der Waals surface area contributed by atoms with Crippen molar-refractivity contribution in [3.05, 3.63) is 238 Å². The lowest BCUT2D eigenvalue weighted by Crippen LogP contribution is -2.75. The maximum atomic E-state index is 14.2. The summed E-state index contributed by atoms with van der Waals surface area (Å²) in [5.41, 5.74) is -26.1. The first-order valence-corrected chi connectivity index (χ1v) is 25.8. The van der Waals surface area contributed by atoms with Gasteiger partial charge in [-0.1, -0.05) is 127 Å². The molecule has 1 heterocycles. The summed E-state index contributed by atoms with van der Waals surface area (Å²) in [7, 11) is 0. The summed E-state index contributed by atoms with van der Waals surface area (Å²) in [6, 6.07) is 21.7. The molecular weight excluding hydrogens is 1230 g/mol. The molecule has 9 rings (SSSR count). The second kappa shape index (κ2) is 24.0. The Balaban J connectivity index is 0.000000269. The van der Waals surface area contributed by atoms with Gasteiger partial charge in [-0.3, -0.25) is 4.98 Å². The highest BCUT2D eigenvalue weighted by Crippen LogP contribution is 2.42. The third kappa shape index (κ3) is 14.8. The molecule has 0 unspecified atom stereocenters. The molecular formula is C61H39BF24N2. The Morgan fingerprint density at radius 1 is 0.330 bits per heavy atom. The number of benzene rings is 8. The predicted octanol–water partition coefficient (Wildman–Crippen LogP) is 17.5. The molecule has 0 fully saturated rings. The summed E-state index contributed by atoms with van der Waals surface area (Å²) >= 11 is 0. The van der Waals surface area contributed by atoms with Gasteiger partial charge in [-0.25, -0.2) is 0 Å². The number of nitrogens with zero attached hydrogens (tertiary/aromatic N) is 2. The van der Waals surface area contributed by atoms with Crippen LogP contribution in [-0.2, 0) is 68.8 Å². The molecule has 0 aliphatic rings. The third-order valence-corrected chi connectivity index (χ3v) is 14.6. The van der Waals surface area contributed by atoms with Crippen molar-refractivity contribution in [2.75, 3.05) is 0 Å². The zero-order valence-corrected chi connectivity index (χ0v) is 44.3. The first-order valence-electron chi connectivity index (χ1n) is 25.8. The smallest absolute Gasteiger partial charge is 0.252 e. The summed E-state index contributed by atoms with van der Waals surface area (Å²) < 4.78 is 343. The second-order valence-corrected chi connectivity index (χ2v) is 20.4. The molecule has 9 aromatic rings. The molecule has 88 heavy (non-hydrogen) atoms. The van der Waals surface area contributed by atoms with Gasteiger partial charge in [0.1, 0.15) is 6.15 Å². The highest BCUT2D eigenvalue weighted by atomic mass is 19.4. The Bertz CT molecular complexity index is 3470. The minimum atomic E-state index is -6.13. The first-order chi connectivity index (χ1) is 40.6. The summed E-state index contributed by atoms with van der Waals surface area (Å²) in [6.45, 7) is 0.895. The third-order valence-electron chi connectivity index (χ3n) is 14.6. The molecule has 0 N–H and O–H groups in total. The minimum absolute atomic E-state index is 0.691. The summed E-state index contributed by atoms with van der Waals surface area (Å²) in [4.78, 5) is 4.38. The predicted molar refractivity (Wildman–Crippen MR) is 278 cm³/mol. The molecule has 0 spiro atoms. The summed E-state index contributed by atoms with van der Waals surface area (Å²) in [5, 5.41) is 5.46. The van der Waals surface area contributed by atoms with E-state index in [0.29, 0.717) is 0 Å². The number of hydrogen-bond acceptors (Lipinski definition) is 1. The molecule has 0 aliphatic carbocycles. The first kappa shape index (κ1) is 65.7. The van der Waals surface area contributed by atoms with E-state index in [1.165, 1.54) is 38.4 Å². The van der Waals surface area contributed by atoms with E-state index in [4.69, 9.17) is 0 Å². The molecule has 1 aromatic heterocycles. The van der Waals surface area contributed by atoms with Crippen molar-refractivity contribution in [1.29, 1.82) is 0 Å². The lowest BCUT2D eigenvalue weighted by atomic mass is 9.12. The maximum absolute atomic E-state index is 14.2. The number of halogens is 24. The van der Waals surface area contributed by atoms with Crippen LogP contribution in [0.5, 0.6) is 0 Å². The molecule has 27 heteroatoms. The van der Waals surface area contributed by atoms with Crippen molar-refractivity contribution in [3.63, 3.8) is 0 Å². The number of unbranched alkanes of at least 4 members (excludes halogenated alkanes) is 1. The van der Waals surface area contributed by atoms with Crippen molar-refractivity contribution in [2.45, 2.75) is 81.6 Å². The lowest BCUT2D eigenvalue weighted by molar-refractivity contribution is -0.696. The number of fused-ring (bicyclic) bond motifs is 2. The SMILES string of the molecule is FC(F)(F)c1cc([B-](c2cc(C(F)(F)F)cc(C(F)(F)F)c2)(c2cc(C(F)(F)F)cc(C(F)(F)F)c2)c2cc(C(F)(F)F)cc(C(F)(F)F)c2)cc(C(F)(F)F)c1.c1ccc(C[n+]2ccncc2CCCCc2c3ccccc3cc3ccccc23)cc1. The average Bonchev–Trinajstić information content (AvgIpc) is 0.733. The molecule has 0 amide bonds. The van der Waals surface area contributed by atoms with Gasteiger partial charge in [0.25, 0.3) is 0 Å². The standard InChI is InChI=1S/C32H12BF24.C29H27N2/c34-25(35,36)13-1-14(26(37,38)39)6-21(5-13)33(22-7-15(27(40,41)42)2-16(8-22)28(43,44)45,23-9-17(29(46,47)48)3-18(10-23)30(49,50)51)24-11-19(31(52,53)54)4-20(12-24)32(55,56)57;1-2-10-23(11-3-1)22-31-19-18-30-21-26(31)14-6-9-17-29-27-15-7-4-12-24(27)20-25-13-5-8-16-28(25)29/h1-12H;1-5,7-8,10-13,15-16,18-21H,6,9,14,17,22H2/q-1;+1. The van der Waals surface area contributed by atoms with Gasteiger partial charge in [0.2, 0.25) is 0 Å². The van der Waals surface area contributed by atoms with Crippen molar-refractivity contribution in [1.82, 2.24) is 4.98 Å². The number of alkyl halides is 24. The Morgan fingerprint density at radius 3 is 0.943 bits per heavy atom. The monoisotopic (exact) mass is 1270 g/mol. The van der Waals surface area contributed by atoms with E-state index in [1.54, 1.807) is 0 Å². The van der Waals surface area contributed by atoms with Gasteiger partial charge in [0, 0.05) is 12.0 Å². The zero-order valence-electron chi connectivity index (χ0n) is 44.3. The number of aromatic nitrogens is 2. The Morgan fingerprint density at radius 2 is 0.625 bits per heavy atom. The van der Waals surface area contributed by atoms with Gasteiger partial charge in [0.15, 0.2) is 18.4 Å².